The average Bonchev–Trinajstić information content (AvgIpc) is 2.98. The second kappa shape index (κ2) is 15.4. The monoisotopic (exact) mass is 593 g/mol. The fourth-order valence-electron chi connectivity index (χ4n) is 4.75. The van der Waals surface area contributed by atoms with Crippen molar-refractivity contribution >= 4 is 27.5 Å². The van der Waals surface area contributed by atoms with Crippen LogP contribution in [0.5, 0.6) is 5.75 Å². The molecule has 3 aromatic carbocycles. The summed E-state index contributed by atoms with van der Waals surface area (Å²) in [6.07, 6.45) is 2.66. The lowest BCUT2D eigenvalue weighted by Crippen LogP contribution is -2.53. The Kier molecular flexibility index (Phi) is 12.0. The van der Waals surface area contributed by atoms with Gasteiger partial charge in [0.15, 0.2) is 0 Å². The summed E-state index contributed by atoms with van der Waals surface area (Å²) in [5.41, 5.74) is 3.00. The molecular formula is C33H43N3O5S. The molecule has 0 aliphatic rings. The molecule has 0 aliphatic heterocycles. The molecule has 0 spiro atoms. The van der Waals surface area contributed by atoms with E-state index in [-0.39, 0.29) is 23.0 Å². The van der Waals surface area contributed by atoms with Crippen molar-refractivity contribution in [2.24, 2.45) is 0 Å². The molecule has 8 nitrogen and oxygen atoms in total. The Morgan fingerprint density at radius 2 is 1.60 bits per heavy atom. The molecule has 0 bridgehead atoms. The van der Waals surface area contributed by atoms with Crippen molar-refractivity contribution in [1.29, 1.82) is 0 Å². The van der Waals surface area contributed by atoms with Gasteiger partial charge in [-0.1, -0.05) is 74.4 Å². The predicted octanol–water partition coefficient (Wildman–Crippen LogP) is 5.27. The van der Waals surface area contributed by atoms with Gasteiger partial charge in [0.1, 0.15) is 18.3 Å². The van der Waals surface area contributed by atoms with Gasteiger partial charge in [0.05, 0.1) is 17.7 Å². The number of nitrogens with one attached hydrogen (secondary N) is 1. The van der Waals surface area contributed by atoms with E-state index >= 15 is 0 Å². The molecule has 42 heavy (non-hydrogen) atoms. The maximum atomic E-state index is 14.2. The Balaban J connectivity index is 2.05. The lowest BCUT2D eigenvalue weighted by atomic mass is 10.1. The van der Waals surface area contributed by atoms with E-state index in [1.807, 2.05) is 64.1 Å². The highest BCUT2D eigenvalue weighted by Crippen LogP contribution is 2.33. The van der Waals surface area contributed by atoms with Crippen LogP contribution in [0.1, 0.15) is 49.8 Å². The van der Waals surface area contributed by atoms with Crippen LogP contribution in [0.4, 0.5) is 5.69 Å². The van der Waals surface area contributed by atoms with Crippen molar-refractivity contribution in [1.82, 2.24) is 10.2 Å². The van der Waals surface area contributed by atoms with Crippen molar-refractivity contribution < 1.29 is 22.7 Å². The van der Waals surface area contributed by atoms with Crippen molar-refractivity contribution in [3.8, 4) is 5.75 Å². The van der Waals surface area contributed by atoms with Crippen LogP contribution < -0.4 is 14.4 Å². The highest BCUT2D eigenvalue weighted by atomic mass is 32.2. The van der Waals surface area contributed by atoms with Crippen molar-refractivity contribution in [3.63, 3.8) is 0 Å². The number of ether oxygens (including phenoxy) is 1. The third-order valence-electron chi connectivity index (χ3n) is 7.19. The highest BCUT2D eigenvalue weighted by Gasteiger charge is 2.34. The minimum absolute atomic E-state index is 0.0599. The molecule has 0 fully saturated rings. The van der Waals surface area contributed by atoms with Gasteiger partial charge in [0.25, 0.3) is 10.0 Å². The number of anilines is 1. The summed E-state index contributed by atoms with van der Waals surface area (Å²) in [5.74, 6) is -0.389. The summed E-state index contributed by atoms with van der Waals surface area (Å²) in [7, 11) is -2.72. The molecule has 2 amide bonds. The maximum absolute atomic E-state index is 14.2. The van der Waals surface area contributed by atoms with Gasteiger partial charge < -0.3 is 15.0 Å². The standard InChI is InChI=1S/C33H43N3O5S/c1-6-8-21-34-33(38)29(7-2)35(22-20-27-12-10-9-11-13-27)32(37)24-36(30-23-26(4)16-19-31(30)41-5)42(39,40)28-17-14-25(3)15-18-28/h9-19,23,29H,6-8,20-22,24H2,1-5H3,(H,34,38)/t29-/m1/s1. The van der Waals surface area contributed by atoms with Crippen molar-refractivity contribution in [3.05, 3.63) is 89.5 Å². The molecular weight excluding hydrogens is 550 g/mol. The van der Waals surface area contributed by atoms with Crippen LogP contribution in [0.3, 0.4) is 0 Å². The van der Waals surface area contributed by atoms with Gasteiger partial charge in [-0.3, -0.25) is 13.9 Å². The number of carbonyl (C=O) groups excluding carboxylic acids is 2. The second-order valence-electron chi connectivity index (χ2n) is 10.4. The van der Waals surface area contributed by atoms with Crippen molar-refractivity contribution in [2.75, 3.05) is 31.0 Å². The fourth-order valence-corrected chi connectivity index (χ4v) is 6.16. The fraction of sp³-hybridized carbons (Fsp3) is 0.394. The Hall–Kier alpha value is -3.85. The van der Waals surface area contributed by atoms with E-state index in [0.29, 0.717) is 25.1 Å². The number of amides is 2. The normalized spacial score (nSPS) is 11.9. The van der Waals surface area contributed by atoms with E-state index in [4.69, 9.17) is 4.74 Å². The number of hydrogen-bond donors (Lipinski definition) is 1. The number of nitrogens with zero attached hydrogens (tertiary/aromatic N) is 2. The third kappa shape index (κ3) is 8.35. The molecule has 3 rings (SSSR count). The van der Waals surface area contributed by atoms with E-state index in [9.17, 15) is 18.0 Å². The minimum Gasteiger partial charge on any atom is -0.495 e. The van der Waals surface area contributed by atoms with Crippen LogP contribution in [0, 0.1) is 13.8 Å². The summed E-state index contributed by atoms with van der Waals surface area (Å²) < 4.78 is 34.9. The Morgan fingerprint density at radius 3 is 2.21 bits per heavy atom. The molecule has 226 valence electrons. The number of sulfonamides is 1. The first-order chi connectivity index (χ1) is 20.1. The summed E-state index contributed by atoms with van der Waals surface area (Å²) in [5, 5.41) is 2.96. The zero-order chi connectivity index (χ0) is 30.7. The molecule has 0 aromatic heterocycles. The smallest absolute Gasteiger partial charge is 0.264 e. The number of rotatable bonds is 15. The number of unbranched alkanes of at least 4 members (excludes halogenated alkanes) is 1. The molecule has 0 saturated carbocycles. The van der Waals surface area contributed by atoms with Gasteiger partial charge in [0, 0.05) is 13.1 Å². The Morgan fingerprint density at radius 1 is 0.929 bits per heavy atom. The van der Waals surface area contributed by atoms with Crippen LogP contribution in [-0.2, 0) is 26.0 Å². The topological polar surface area (TPSA) is 96.0 Å². The van der Waals surface area contributed by atoms with E-state index in [1.165, 1.54) is 24.1 Å². The van der Waals surface area contributed by atoms with Gasteiger partial charge in [0.2, 0.25) is 11.8 Å². The van der Waals surface area contributed by atoms with Crippen LogP contribution in [-0.4, -0.2) is 57.9 Å². The lowest BCUT2D eigenvalue weighted by molar-refractivity contribution is -0.139. The van der Waals surface area contributed by atoms with E-state index < -0.39 is 28.5 Å². The maximum Gasteiger partial charge on any atom is 0.264 e. The Bertz CT molecular complexity index is 1430. The molecule has 0 radical (unpaired) electrons. The van der Waals surface area contributed by atoms with E-state index in [1.54, 1.807) is 24.3 Å². The number of methoxy groups -OCH3 is 1. The van der Waals surface area contributed by atoms with Gasteiger partial charge in [-0.05, 0) is 68.5 Å². The van der Waals surface area contributed by atoms with Crippen LogP contribution in [0.15, 0.2) is 77.7 Å². The zero-order valence-electron chi connectivity index (χ0n) is 25.3. The highest BCUT2D eigenvalue weighted by molar-refractivity contribution is 7.92. The first-order valence-electron chi connectivity index (χ1n) is 14.5. The number of carbonyl (C=O) groups is 2. The van der Waals surface area contributed by atoms with E-state index in [0.717, 1.165) is 33.8 Å². The predicted molar refractivity (Wildman–Crippen MR) is 167 cm³/mol. The number of aryl methyl sites for hydroxylation is 2. The van der Waals surface area contributed by atoms with Crippen LogP contribution >= 0.6 is 0 Å². The largest absolute Gasteiger partial charge is 0.495 e. The molecule has 0 heterocycles. The van der Waals surface area contributed by atoms with Gasteiger partial charge in [-0.15, -0.1) is 0 Å². The summed E-state index contributed by atoms with van der Waals surface area (Å²) >= 11 is 0. The number of hydrogen-bond acceptors (Lipinski definition) is 5. The molecule has 0 unspecified atom stereocenters. The van der Waals surface area contributed by atoms with Gasteiger partial charge >= 0.3 is 0 Å². The average molecular weight is 594 g/mol. The zero-order valence-corrected chi connectivity index (χ0v) is 26.1. The first kappa shape index (κ1) is 32.7. The molecule has 9 heteroatoms. The lowest BCUT2D eigenvalue weighted by Gasteiger charge is -2.33. The second-order valence-corrected chi connectivity index (χ2v) is 12.3. The molecule has 1 N–H and O–H groups in total. The quantitative estimate of drug-likeness (QED) is 0.242. The van der Waals surface area contributed by atoms with Crippen molar-refractivity contribution in [2.45, 2.75) is 64.3 Å². The SMILES string of the molecule is CCCCNC(=O)[C@@H](CC)N(CCc1ccccc1)C(=O)CN(c1cc(C)ccc1OC)S(=O)(=O)c1ccc(C)cc1. The minimum atomic E-state index is -4.18. The van der Waals surface area contributed by atoms with Gasteiger partial charge in [-0.2, -0.15) is 0 Å². The molecule has 1 atom stereocenters. The van der Waals surface area contributed by atoms with E-state index in [2.05, 4.69) is 5.32 Å². The number of benzene rings is 3. The molecule has 0 aliphatic carbocycles. The van der Waals surface area contributed by atoms with Crippen LogP contribution in [0.2, 0.25) is 0 Å². The van der Waals surface area contributed by atoms with Crippen LogP contribution in [0.25, 0.3) is 0 Å². The first-order valence-corrected chi connectivity index (χ1v) is 15.9. The molecule has 3 aromatic rings. The third-order valence-corrected chi connectivity index (χ3v) is 8.96. The summed E-state index contributed by atoms with van der Waals surface area (Å²) in [6, 6.07) is 20.7. The Labute approximate surface area is 250 Å². The summed E-state index contributed by atoms with van der Waals surface area (Å²) in [6.45, 7) is 7.90. The van der Waals surface area contributed by atoms with Gasteiger partial charge in [-0.25, -0.2) is 8.42 Å². The summed E-state index contributed by atoms with van der Waals surface area (Å²) in [4.78, 5) is 29.1. The molecule has 0 saturated heterocycles.